The summed E-state index contributed by atoms with van der Waals surface area (Å²) in [7, 11) is -0.572. The van der Waals surface area contributed by atoms with Gasteiger partial charge in [-0.2, -0.15) is 0 Å². The molecule has 1 fully saturated rings. The van der Waals surface area contributed by atoms with Crippen LogP contribution in [-0.4, -0.2) is 28.5 Å². The maximum absolute atomic E-state index is 13.1. The smallest absolute Gasteiger partial charge is 0.399 e. The molecule has 1 saturated heterocycles. The topological polar surface area (TPSA) is 58.9 Å². The van der Waals surface area contributed by atoms with Gasteiger partial charge in [0.05, 0.1) is 24.4 Å². The molecular formula is C20H24BBrF2O4. The number of hydrogen-bond donors (Lipinski definition) is 2. The minimum absolute atomic E-state index is 0.141. The first-order valence-electron chi connectivity index (χ1n) is 8.80. The summed E-state index contributed by atoms with van der Waals surface area (Å²) in [6, 6.07) is 8.46. The monoisotopic (exact) mass is 456 g/mol. The quantitative estimate of drug-likeness (QED) is 0.691. The van der Waals surface area contributed by atoms with Crippen LogP contribution in [0, 0.1) is 11.6 Å². The Bertz CT molecular complexity index is 814. The van der Waals surface area contributed by atoms with Gasteiger partial charge in [0.2, 0.25) is 0 Å². The van der Waals surface area contributed by atoms with Crippen LogP contribution in [0.5, 0.6) is 0 Å². The molecule has 0 aliphatic carbocycles. The highest BCUT2D eigenvalue weighted by Gasteiger charge is 2.52. The first kappa shape index (κ1) is 23.0. The third kappa shape index (κ3) is 5.18. The van der Waals surface area contributed by atoms with E-state index in [0.717, 1.165) is 4.47 Å². The summed E-state index contributed by atoms with van der Waals surface area (Å²) in [5.74, 6) is -0.702. The molecule has 152 valence electrons. The molecule has 1 heterocycles. The standard InChI is InChI=1S/C13H18BFO3.C7H6BrFO/c1-12(2)13(3,4)18-14(17-12)11-6-5-10(15)7-9(11)8-16;8-7-2-1-6(9)3-5(7)4-10/h5-7,16H,8H2,1-4H3;1-3,10H,4H2. The first-order chi connectivity index (χ1) is 13.0. The van der Waals surface area contributed by atoms with Crippen LogP contribution < -0.4 is 5.46 Å². The fraction of sp³-hybridized carbons (Fsp3) is 0.400. The summed E-state index contributed by atoms with van der Waals surface area (Å²) in [6.45, 7) is 7.43. The molecule has 0 radical (unpaired) electrons. The summed E-state index contributed by atoms with van der Waals surface area (Å²) in [5, 5.41) is 17.9. The highest BCUT2D eigenvalue weighted by molar-refractivity contribution is 9.10. The van der Waals surface area contributed by atoms with E-state index in [1.54, 1.807) is 12.1 Å². The molecule has 0 atom stereocenters. The molecule has 2 N–H and O–H groups in total. The fourth-order valence-corrected chi connectivity index (χ4v) is 2.95. The Morgan fingerprint density at radius 1 is 0.857 bits per heavy atom. The number of aliphatic hydroxyl groups excluding tert-OH is 2. The molecule has 0 amide bonds. The summed E-state index contributed by atoms with van der Waals surface area (Å²) in [5.41, 5.74) is 0.850. The lowest BCUT2D eigenvalue weighted by molar-refractivity contribution is 0.00578. The molecule has 0 saturated carbocycles. The zero-order valence-corrected chi connectivity index (χ0v) is 17.9. The van der Waals surface area contributed by atoms with E-state index in [0.29, 0.717) is 16.6 Å². The van der Waals surface area contributed by atoms with Gasteiger partial charge in [0.25, 0.3) is 0 Å². The van der Waals surface area contributed by atoms with Crippen molar-refractivity contribution < 1.29 is 28.3 Å². The van der Waals surface area contributed by atoms with Gasteiger partial charge in [-0.3, -0.25) is 0 Å². The van der Waals surface area contributed by atoms with Crippen LogP contribution in [-0.2, 0) is 22.5 Å². The third-order valence-corrected chi connectivity index (χ3v) is 5.73. The van der Waals surface area contributed by atoms with Gasteiger partial charge >= 0.3 is 7.12 Å². The Balaban J connectivity index is 0.000000237. The van der Waals surface area contributed by atoms with Crippen LogP contribution in [0.25, 0.3) is 0 Å². The number of benzene rings is 2. The van der Waals surface area contributed by atoms with Gasteiger partial charge in [0.15, 0.2) is 0 Å². The van der Waals surface area contributed by atoms with Crippen molar-refractivity contribution in [3.05, 3.63) is 63.6 Å². The average molecular weight is 457 g/mol. The largest absolute Gasteiger partial charge is 0.495 e. The predicted octanol–water partition coefficient (Wildman–Crippen LogP) is 3.70. The van der Waals surface area contributed by atoms with Gasteiger partial charge in [-0.05, 0) is 74.6 Å². The van der Waals surface area contributed by atoms with E-state index in [1.165, 1.54) is 24.3 Å². The molecule has 0 spiro atoms. The van der Waals surface area contributed by atoms with Crippen LogP contribution in [0.1, 0.15) is 38.8 Å². The van der Waals surface area contributed by atoms with Gasteiger partial charge in [0.1, 0.15) is 11.6 Å². The van der Waals surface area contributed by atoms with E-state index in [9.17, 15) is 13.9 Å². The minimum atomic E-state index is -0.572. The zero-order valence-electron chi connectivity index (χ0n) is 16.3. The second kappa shape index (κ2) is 9.01. The van der Waals surface area contributed by atoms with Crippen molar-refractivity contribution >= 4 is 28.5 Å². The van der Waals surface area contributed by atoms with Crippen molar-refractivity contribution in [2.24, 2.45) is 0 Å². The van der Waals surface area contributed by atoms with E-state index >= 15 is 0 Å². The van der Waals surface area contributed by atoms with Gasteiger partial charge in [-0.15, -0.1) is 0 Å². The molecule has 3 rings (SSSR count). The lowest BCUT2D eigenvalue weighted by Gasteiger charge is -2.32. The molecule has 2 aromatic rings. The molecule has 28 heavy (non-hydrogen) atoms. The van der Waals surface area contributed by atoms with Crippen LogP contribution in [0.15, 0.2) is 40.9 Å². The second-order valence-corrected chi connectivity index (χ2v) is 8.34. The van der Waals surface area contributed by atoms with Gasteiger partial charge in [-0.1, -0.05) is 22.0 Å². The molecular weight excluding hydrogens is 433 g/mol. The van der Waals surface area contributed by atoms with Gasteiger partial charge < -0.3 is 19.5 Å². The Hall–Kier alpha value is -1.32. The Morgan fingerprint density at radius 3 is 1.79 bits per heavy atom. The van der Waals surface area contributed by atoms with E-state index in [1.807, 2.05) is 27.7 Å². The number of hydrogen-bond acceptors (Lipinski definition) is 4. The SMILES string of the molecule is CC1(C)OB(c2ccc(F)cc2CO)OC1(C)C.OCc1cc(F)ccc1Br. The van der Waals surface area contributed by atoms with Crippen molar-refractivity contribution in [2.75, 3.05) is 0 Å². The molecule has 0 bridgehead atoms. The summed E-state index contributed by atoms with van der Waals surface area (Å²) < 4.78 is 38.0. The third-order valence-electron chi connectivity index (χ3n) is 4.96. The maximum atomic E-state index is 13.1. The van der Waals surface area contributed by atoms with Crippen LogP contribution in [0.3, 0.4) is 0 Å². The summed E-state index contributed by atoms with van der Waals surface area (Å²) in [4.78, 5) is 0. The molecule has 8 heteroatoms. The van der Waals surface area contributed by atoms with Gasteiger partial charge in [0, 0.05) is 4.47 Å². The molecule has 1 aliphatic heterocycles. The van der Waals surface area contributed by atoms with Crippen molar-refractivity contribution in [3.63, 3.8) is 0 Å². The van der Waals surface area contributed by atoms with Crippen molar-refractivity contribution in [1.82, 2.24) is 0 Å². The maximum Gasteiger partial charge on any atom is 0.495 e. The van der Waals surface area contributed by atoms with E-state index in [2.05, 4.69) is 15.9 Å². The first-order valence-corrected chi connectivity index (χ1v) is 9.59. The van der Waals surface area contributed by atoms with Gasteiger partial charge in [-0.25, -0.2) is 8.78 Å². The summed E-state index contributed by atoms with van der Waals surface area (Å²) in [6.07, 6.45) is 0. The van der Waals surface area contributed by atoms with E-state index in [-0.39, 0.29) is 24.8 Å². The van der Waals surface area contributed by atoms with Crippen molar-refractivity contribution in [3.8, 4) is 0 Å². The second-order valence-electron chi connectivity index (χ2n) is 7.48. The lowest BCUT2D eigenvalue weighted by atomic mass is 9.76. The van der Waals surface area contributed by atoms with Crippen LogP contribution in [0.2, 0.25) is 0 Å². The zero-order chi connectivity index (χ0) is 21.1. The number of halogens is 3. The normalized spacial score (nSPS) is 17.2. The Kier molecular flexibility index (Phi) is 7.39. The summed E-state index contributed by atoms with van der Waals surface area (Å²) >= 11 is 3.16. The predicted molar refractivity (Wildman–Crippen MR) is 108 cm³/mol. The van der Waals surface area contributed by atoms with E-state index < -0.39 is 18.3 Å². The Morgan fingerprint density at radius 2 is 1.32 bits per heavy atom. The van der Waals surface area contributed by atoms with E-state index in [4.69, 9.17) is 14.4 Å². The molecule has 4 nitrogen and oxygen atoms in total. The highest BCUT2D eigenvalue weighted by atomic mass is 79.9. The molecule has 2 aromatic carbocycles. The minimum Gasteiger partial charge on any atom is -0.399 e. The molecule has 0 unspecified atom stereocenters. The Labute approximate surface area is 172 Å². The lowest BCUT2D eigenvalue weighted by Crippen LogP contribution is -2.41. The number of rotatable bonds is 3. The van der Waals surface area contributed by atoms with Crippen LogP contribution >= 0.6 is 15.9 Å². The molecule has 0 aromatic heterocycles. The number of aliphatic hydroxyl groups is 2. The van der Waals surface area contributed by atoms with Crippen LogP contribution in [0.4, 0.5) is 8.78 Å². The fourth-order valence-electron chi connectivity index (χ4n) is 2.58. The van der Waals surface area contributed by atoms with Crippen molar-refractivity contribution in [1.29, 1.82) is 0 Å². The van der Waals surface area contributed by atoms with Crippen molar-refractivity contribution in [2.45, 2.75) is 52.1 Å². The average Bonchev–Trinajstić information content (AvgIpc) is 2.84. The highest BCUT2D eigenvalue weighted by Crippen LogP contribution is 2.36. The molecule has 1 aliphatic rings.